The summed E-state index contributed by atoms with van der Waals surface area (Å²) < 4.78 is 15.0. The molecule has 1 aromatic heterocycles. The molecule has 0 saturated carbocycles. The first-order chi connectivity index (χ1) is 7.65. The minimum Gasteiger partial charge on any atom is -0.449 e. The molecule has 1 rings (SSSR count). The fraction of sp³-hybridized carbons (Fsp3) is 0.500. The van der Waals surface area contributed by atoms with Crippen molar-refractivity contribution >= 4 is 17.5 Å². The average Bonchev–Trinajstić information content (AvgIpc) is 2.24. The maximum Gasteiger partial charge on any atom is 0.246 e. The maximum absolute atomic E-state index is 5.58. The molecule has 0 amide bonds. The lowest BCUT2D eigenvalue weighted by Gasteiger charge is -2.09. The number of nitrogens with zero attached hydrogens (tertiary/aromatic N) is 2. The average molecular weight is 229 g/mol. The predicted octanol–water partition coefficient (Wildman–Crippen LogP) is -0.430. The molecule has 8 heteroatoms. The molecule has 0 atom stereocenters. The lowest BCUT2D eigenvalue weighted by molar-refractivity contribution is -0.0967. The zero-order chi connectivity index (χ0) is 12.0. The molecule has 16 heavy (non-hydrogen) atoms. The molecule has 0 radical (unpaired) electrons. The van der Waals surface area contributed by atoms with Crippen molar-refractivity contribution in [2.75, 3.05) is 37.4 Å². The summed E-state index contributed by atoms with van der Waals surface area (Å²) in [6, 6.07) is 0. The van der Waals surface area contributed by atoms with Gasteiger partial charge in [0.1, 0.15) is 5.69 Å². The van der Waals surface area contributed by atoms with Crippen LogP contribution in [0.25, 0.3) is 0 Å². The largest absolute Gasteiger partial charge is 0.449 e. The number of nitrogens with two attached hydrogens (primary N) is 3. The highest BCUT2D eigenvalue weighted by atomic mass is 16.7. The summed E-state index contributed by atoms with van der Waals surface area (Å²) in [6.45, 7) is 2.50. The van der Waals surface area contributed by atoms with Gasteiger partial charge in [0.2, 0.25) is 11.8 Å². The zero-order valence-corrected chi connectivity index (χ0v) is 8.97. The van der Waals surface area contributed by atoms with E-state index in [-0.39, 0.29) is 36.9 Å². The first-order valence-electron chi connectivity index (χ1n) is 4.62. The van der Waals surface area contributed by atoms with E-state index in [0.29, 0.717) is 6.61 Å². The summed E-state index contributed by atoms with van der Waals surface area (Å²) >= 11 is 0. The van der Waals surface area contributed by atoms with Crippen LogP contribution in [0.2, 0.25) is 0 Å². The number of nitrogen functional groups attached to an aromatic ring is 3. The Morgan fingerprint density at radius 3 is 2.50 bits per heavy atom. The summed E-state index contributed by atoms with van der Waals surface area (Å²) in [5, 5.41) is 0. The number of hydrogen-bond donors (Lipinski definition) is 3. The van der Waals surface area contributed by atoms with Crippen molar-refractivity contribution in [1.82, 2.24) is 9.97 Å². The monoisotopic (exact) mass is 229 g/mol. The van der Waals surface area contributed by atoms with Crippen molar-refractivity contribution in [2.24, 2.45) is 0 Å². The van der Waals surface area contributed by atoms with Crippen LogP contribution in [0, 0.1) is 0 Å². The summed E-state index contributed by atoms with van der Waals surface area (Å²) in [4.78, 5) is 7.44. The van der Waals surface area contributed by atoms with Gasteiger partial charge in [-0.3, -0.25) is 0 Å². The molecule has 0 bridgehead atoms. The van der Waals surface area contributed by atoms with Gasteiger partial charge in [0.15, 0.2) is 19.4 Å². The first kappa shape index (κ1) is 12.3. The SMILES string of the molecule is CCOCOCOc1nc(N)nc(N)c1N. The van der Waals surface area contributed by atoms with Crippen LogP contribution in [0.5, 0.6) is 5.88 Å². The van der Waals surface area contributed by atoms with Crippen molar-refractivity contribution in [3.05, 3.63) is 0 Å². The topological polar surface area (TPSA) is 132 Å². The Hall–Kier alpha value is -1.80. The molecule has 1 aromatic rings. The fourth-order valence-electron chi connectivity index (χ4n) is 0.866. The van der Waals surface area contributed by atoms with Crippen molar-refractivity contribution in [3.63, 3.8) is 0 Å². The molecular formula is C8H15N5O3. The van der Waals surface area contributed by atoms with Crippen LogP contribution in [0.3, 0.4) is 0 Å². The molecule has 0 spiro atoms. The highest BCUT2D eigenvalue weighted by Crippen LogP contribution is 2.23. The first-order valence-corrected chi connectivity index (χ1v) is 4.62. The van der Waals surface area contributed by atoms with Crippen molar-refractivity contribution in [1.29, 1.82) is 0 Å². The standard InChI is InChI=1S/C8H15N5O3/c1-2-14-3-15-4-16-7-5(9)6(10)12-8(11)13-7/h2-4,9H2,1H3,(H4,10,11,12,13). The van der Waals surface area contributed by atoms with E-state index in [1.807, 2.05) is 6.92 Å². The number of ether oxygens (including phenoxy) is 3. The van der Waals surface area contributed by atoms with Crippen molar-refractivity contribution in [3.8, 4) is 5.88 Å². The molecule has 0 aliphatic carbocycles. The molecule has 90 valence electrons. The van der Waals surface area contributed by atoms with E-state index in [1.54, 1.807) is 0 Å². The van der Waals surface area contributed by atoms with Gasteiger partial charge >= 0.3 is 0 Å². The van der Waals surface area contributed by atoms with E-state index in [1.165, 1.54) is 0 Å². The van der Waals surface area contributed by atoms with E-state index in [9.17, 15) is 0 Å². The molecule has 0 aliphatic heterocycles. The summed E-state index contributed by atoms with van der Waals surface area (Å²) in [5.74, 6) is 0.167. The second kappa shape index (κ2) is 5.93. The molecule has 0 aliphatic rings. The Bertz CT molecular complexity index is 347. The van der Waals surface area contributed by atoms with Crippen LogP contribution < -0.4 is 21.9 Å². The van der Waals surface area contributed by atoms with Gasteiger partial charge in [-0.05, 0) is 6.92 Å². The van der Waals surface area contributed by atoms with Gasteiger partial charge in [-0.1, -0.05) is 0 Å². The summed E-state index contributed by atoms with van der Waals surface area (Å²) in [7, 11) is 0. The van der Waals surface area contributed by atoms with Gasteiger partial charge in [-0.15, -0.1) is 0 Å². The zero-order valence-electron chi connectivity index (χ0n) is 8.97. The molecular weight excluding hydrogens is 214 g/mol. The molecule has 0 fully saturated rings. The van der Waals surface area contributed by atoms with Gasteiger partial charge in [-0.2, -0.15) is 9.97 Å². The van der Waals surface area contributed by atoms with E-state index >= 15 is 0 Å². The van der Waals surface area contributed by atoms with E-state index in [4.69, 9.17) is 31.4 Å². The van der Waals surface area contributed by atoms with Crippen molar-refractivity contribution in [2.45, 2.75) is 6.92 Å². The Morgan fingerprint density at radius 1 is 1.06 bits per heavy atom. The number of aromatic nitrogens is 2. The highest BCUT2D eigenvalue weighted by molar-refractivity contribution is 5.65. The second-order valence-electron chi connectivity index (χ2n) is 2.76. The highest BCUT2D eigenvalue weighted by Gasteiger charge is 2.08. The van der Waals surface area contributed by atoms with E-state index in [0.717, 1.165) is 0 Å². The van der Waals surface area contributed by atoms with Crippen LogP contribution in [0.4, 0.5) is 17.5 Å². The molecule has 0 saturated heterocycles. The third-order valence-electron chi connectivity index (χ3n) is 1.61. The lowest BCUT2D eigenvalue weighted by atomic mass is 10.5. The fourth-order valence-corrected chi connectivity index (χ4v) is 0.866. The molecule has 0 aromatic carbocycles. The van der Waals surface area contributed by atoms with E-state index < -0.39 is 0 Å². The van der Waals surface area contributed by atoms with Crippen molar-refractivity contribution < 1.29 is 14.2 Å². The van der Waals surface area contributed by atoms with Crippen LogP contribution in [0.1, 0.15) is 6.92 Å². The minimum atomic E-state index is -0.0555. The molecule has 1 heterocycles. The number of rotatable bonds is 6. The van der Waals surface area contributed by atoms with Gasteiger partial charge in [-0.25, -0.2) is 0 Å². The Labute approximate surface area is 92.7 Å². The van der Waals surface area contributed by atoms with Gasteiger partial charge < -0.3 is 31.4 Å². The quantitative estimate of drug-likeness (QED) is 0.442. The maximum atomic E-state index is 5.58. The number of anilines is 3. The Morgan fingerprint density at radius 2 is 1.81 bits per heavy atom. The third kappa shape index (κ3) is 3.41. The lowest BCUT2D eigenvalue weighted by Crippen LogP contribution is -2.11. The minimum absolute atomic E-state index is 0.00786. The Kier molecular flexibility index (Phi) is 4.55. The normalized spacial score (nSPS) is 10.3. The van der Waals surface area contributed by atoms with Crippen LogP contribution in [-0.2, 0) is 9.47 Å². The van der Waals surface area contributed by atoms with Crippen LogP contribution >= 0.6 is 0 Å². The van der Waals surface area contributed by atoms with E-state index in [2.05, 4.69) is 9.97 Å². The van der Waals surface area contributed by atoms with Crippen LogP contribution in [0.15, 0.2) is 0 Å². The number of hydrogen-bond acceptors (Lipinski definition) is 8. The van der Waals surface area contributed by atoms with Crippen LogP contribution in [-0.4, -0.2) is 30.2 Å². The summed E-state index contributed by atoms with van der Waals surface area (Å²) in [5.41, 5.74) is 16.6. The van der Waals surface area contributed by atoms with Gasteiger partial charge in [0, 0.05) is 6.61 Å². The predicted molar refractivity (Wildman–Crippen MR) is 58.3 cm³/mol. The third-order valence-corrected chi connectivity index (χ3v) is 1.61. The van der Waals surface area contributed by atoms with Gasteiger partial charge in [0.25, 0.3) is 0 Å². The Balaban J connectivity index is 2.47. The second-order valence-corrected chi connectivity index (χ2v) is 2.76. The molecule has 6 N–H and O–H groups in total. The smallest absolute Gasteiger partial charge is 0.246 e. The summed E-state index contributed by atoms with van der Waals surface area (Å²) in [6.07, 6.45) is 0. The van der Waals surface area contributed by atoms with Gasteiger partial charge in [0.05, 0.1) is 0 Å². The molecule has 8 nitrogen and oxygen atoms in total. The molecule has 0 unspecified atom stereocenters.